The van der Waals surface area contributed by atoms with E-state index in [0.29, 0.717) is 13.2 Å². The van der Waals surface area contributed by atoms with E-state index in [1.807, 2.05) is 55.4 Å². The van der Waals surface area contributed by atoms with E-state index in [4.69, 9.17) is 9.47 Å². The zero-order valence-electron chi connectivity index (χ0n) is 15.6. The van der Waals surface area contributed by atoms with E-state index in [1.54, 1.807) is 7.05 Å². The normalized spacial score (nSPS) is 13.7. The summed E-state index contributed by atoms with van der Waals surface area (Å²) in [5.41, 5.74) is -0.223. The molecular weight excluding hydrogens is 282 g/mol. The summed E-state index contributed by atoms with van der Waals surface area (Å²) in [5, 5.41) is 0. The molecule has 0 fully saturated rings. The highest BCUT2D eigenvalue weighted by Crippen LogP contribution is 2.18. The van der Waals surface area contributed by atoms with Crippen molar-refractivity contribution in [3.8, 4) is 0 Å². The quantitative estimate of drug-likeness (QED) is 0.726. The van der Waals surface area contributed by atoms with Gasteiger partial charge >= 0.3 is 12.1 Å². The Kier molecular flexibility index (Phi) is 7.39. The second-order valence-electron chi connectivity index (χ2n) is 8.58. The van der Waals surface area contributed by atoms with Crippen molar-refractivity contribution in [3.05, 3.63) is 0 Å². The molecule has 130 valence electrons. The third-order valence-corrected chi connectivity index (χ3v) is 2.85. The number of likely N-dealkylation sites (N-methyl/N-ethyl adjacent to an activating group) is 1. The van der Waals surface area contributed by atoms with Gasteiger partial charge in [-0.1, -0.05) is 55.4 Å². The van der Waals surface area contributed by atoms with Crippen LogP contribution in [0.4, 0.5) is 4.79 Å². The molecular formula is C17H33NO4. The Morgan fingerprint density at radius 3 is 1.68 bits per heavy atom. The Morgan fingerprint density at radius 2 is 1.32 bits per heavy atom. The first-order valence-corrected chi connectivity index (χ1v) is 7.81. The van der Waals surface area contributed by atoms with Crippen molar-refractivity contribution < 1.29 is 19.1 Å². The van der Waals surface area contributed by atoms with Crippen molar-refractivity contribution in [2.75, 3.05) is 20.3 Å². The highest BCUT2D eigenvalue weighted by molar-refractivity contribution is 5.81. The van der Waals surface area contributed by atoms with Crippen LogP contribution in [0, 0.1) is 16.7 Å². The van der Waals surface area contributed by atoms with Gasteiger partial charge in [-0.3, -0.25) is 4.90 Å². The maximum Gasteiger partial charge on any atom is 0.410 e. The maximum absolute atomic E-state index is 12.3. The Bertz CT molecular complexity index is 377. The number of nitrogens with zero attached hydrogens (tertiary/aromatic N) is 1. The van der Waals surface area contributed by atoms with Crippen molar-refractivity contribution >= 4 is 12.1 Å². The molecule has 0 rings (SSSR count). The van der Waals surface area contributed by atoms with Gasteiger partial charge in [-0.15, -0.1) is 0 Å². The Labute approximate surface area is 135 Å². The number of hydrogen-bond donors (Lipinski definition) is 0. The van der Waals surface area contributed by atoms with Gasteiger partial charge in [0.1, 0.15) is 6.04 Å². The minimum absolute atomic E-state index is 0.0559. The van der Waals surface area contributed by atoms with E-state index < -0.39 is 12.1 Å². The van der Waals surface area contributed by atoms with E-state index in [-0.39, 0.29) is 22.7 Å². The molecule has 0 aromatic carbocycles. The van der Waals surface area contributed by atoms with Gasteiger partial charge in [0.15, 0.2) is 0 Å². The lowest BCUT2D eigenvalue weighted by Crippen LogP contribution is -2.47. The highest BCUT2D eigenvalue weighted by Gasteiger charge is 2.33. The van der Waals surface area contributed by atoms with Gasteiger partial charge in [0.25, 0.3) is 0 Å². The molecule has 0 saturated heterocycles. The smallest absolute Gasteiger partial charge is 0.410 e. The largest absolute Gasteiger partial charge is 0.464 e. The van der Waals surface area contributed by atoms with Gasteiger partial charge in [-0.05, 0) is 16.7 Å². The molecule has 0 aliphatic carbocycles. The van der Waals surface area contributed by atoms with Crippen molar-refractivity contribution in [1.82, 2.24) is 4.90 Å². The lowest BCUT2D eigenvalue weighted by atomic mass is 9.98. The molecule has 0 aliphatic rings. The third-order valence-electron chi connectivity index (χ3n) is 2.85. The molecule has 0 radical (unpaired) electrons. The molecule has 22 heavy (non-hydrogen) atoms. The topological polar surface area (TPSA) is 55.8 Å². The van der Waals surface area contributed by atoms with Crippen LogP contribution < -0.4 is 0 Å². The fourth-order valence-electron chi connectivity index (χ4n) is 1.74. The van der Waals surface area contributed by atoms with Crippen LogP contribution in [-0.4, -0.2) is 43.3 Å². The van der Waals surface area contributed by atoms with Gasteiger partial charge in [0.05, 0.1) is 13.2 Å². The van der Waals surface area contributed by atoms with Crippen molar-refractivity contribution in [3.63, 3.8) is 0 Å². The molecule has 0 bridgehead atoms. The summed E-state index contributed by atoms with van der Waals surface area (Å²) in [6.07, 6.45) is -0.499. The van der Waals surface area contributed by atoms with Crippen LogP contribution in [0.15, 0.2) is 0 Å². The van der Waals surface area contributed by atoms with E-state index in [2.05, 4.69) is 0 Å². The first-order valence-electron chi connectivity index (χ1n) is 7.81. The predicted octanol–water partition coefficient (Wildman–Crippen LogP) is 3.71. The van der Waals surface area contributed by atoms with Crippen LogP contribution in [-0.2, 0) is 14.3 Å². The minimum Gasteiger partial charge on any atom is -0.464 e. The SMILES string of the molecule is CC(C)C(C(=O)OCC(C)(C)C)N(C)C(=O)OCC(C)(C)C. The number of esters is 1. The summed E-state index contributed by atoms with van der Waals surface area (Å²) in [6.45, 7) is 16.3. The summed E-state index contributed by atoms with van der Waals surface area (Å²) < 4.78 is 10.6. The highest BCUT2D eigenvalue weighted by atomic mass is 16.6. The first kappa shape index (κ1) is 20.7. The van der Waals surface area contributed by atoms with Crippen LogP contribution in [0.1, 0.15) is 55.4 Å². The number of rotatable bonds is 5. The predicted molar refractivity (Wildman–Crippen MR) is 87.6 cm³/mol. The van der Waals surface area contributed by atoms with Crippen LogP contribution >= 0.6 is 0 Å². The molecule has 1 atom stereocenters. The van der Waals surface area contributed by atoms with E-state index in [9.17, 15) is 9.59 Å². The van der Waals surface area contributed by atoms with E-state index >= 15 is 0 Å². The zero-order chi connectivity index (χ0) is 17.7. The van der Waals surface area contributed by atoms with Crippen LogP contribution in [0.5, 0.6) is 0 Å². The van der Waals surface area contributed by atoms with Crippen molar-refractivity contribution in [2.24, 2.45) is 16.7 Å². The average molecular weight is 315 g/mol. The molecule has 1 unspecified atom stereocenters. The fraction of sp³-hybridized carbons (Fsp3) is 0.882. The summed E-state index contributed by atoms with van der Waals surface area (Å²) in [4.78, 5) is 25.8. The summed E-state index contributed by atoms with van der Waals surface area (Å²) in [5.74, 6) is -0.445. The van der Waals surface area contributed by atoms with E-state index in [0.717, 1.165) is 0 Å². The van der Waals surface area contributed by atoms with Gasteiger partial charge in [0.2, 0.25) is 0 Å². The molecule has 0 aromatic rings. The summed E-state index contributed by atoms with van der Waals surface area (Å²) in [7, 11) is 1.58. The third kappa shape index (κ3) is 8.25. The van der Waals surface area contributed by atoms with Gasteiger partial charge < -0.3 is 9.47 Å². The standard InChI is InChI=1S/C17H33NO4/c1-12(2)13(14(19)21-10-16(3,4)5)18(9)15(20)22-11-17(6,7)8/h12-13H,10-11H2,1-9H3. The molecule has 0 N–H and O–H groups in total. The lowest BCUT2D eigenvalue weighted by Gasteiger charge is -2.30. The summed E-state index contributed by atoms with van der Waals surface area (Å²) >= 11 is 0. The van der Waals surface area contributed by atoms with Gasteiger partial charge in [-0.25, -0.2) is 9.59 Å². The van der Waals surface area contributed by atoms with Crippen molar-refractivity contribution in [2.45, 2.75) is 61.4 Å². The molecule has 0 heterocycles. The number of hydrogen-bond acceptors (Lipinski definition) is 4. The number of ether oxygens (including phenoxy) is 2. The van der Waals surface area contributed by atoms with Crippen LogP contribution in [0.2, 0.25) is 0 Å². The molecule has 0 aliphatic heterocycles. The minimum atomic E-state index is -0.644. The second kappa shape index (κ2) is 7.84. The molecule has 5 nitrogen and oxygen atoms in total. The Morgan fingerprint density at radius 1 is 0.909 bits per heavy atom. The average Bonchev–Trinajstić information content (AvgIpc) is 2.31. The monoisotopic (exact) mass is 315 g/mol. The number of carbonyl (C=O) groups excluding carboxylic acids is 2. The van der Waals surface area contributed by atoms with Crippen LogP contribution in [0.3, 0.4) is 0 Å². The van der Waals surface area contributed by atoms with E-state index in [1.165, 1.54) is 4.90 Å². The Balaban J connectivity index is 4.79. The molecule has 5 heteroatoms. The first-order chi connectivity index (χ1) is 9.74. The zero-order valence-corrected chi connectivity index (χ0v) is 15.6. The molecule has 0 spiro atoms. The van der Waals surface area contributed by atoms with Crippen molar-refractivity contribution in [1.29, 1.82) is 0 Å². The lowest BCUT2D eigenvalue weighted by molar-refractivity contribution is -0.153. The van der Waals surface area contributed by atoms with Crippen LogP contribution in [0.25, 0.3) is 0 Å². The fourth-order valence-corrected chi connectivity index (χ4v) is 1.74. The Hall–Kier alpha value is -1.26. The maximum atomic E-state index is 12.3. The second-order valence-corrected chi connectivity index (χ2v) is 8.58. The molecule has 0 saturated carbocycles. The molecule has 0 aromatic heterocycles. The van der Waals surface area contributed by atoms with Gasteiger partial charge in [-0.2, -0.15) is 0 Å². The number of carbonyl (C=O) groups is 2. The number of amides is 1. The van der Waals surface area contributed by atoms with Gasteiger partial charge in [0, 0.05) is 7.05 Å². The molecule has 1 amide bonds. The summed E-state index contributed by atoms with van der Waals surface area (Å²) in [6, 6.07) is -0.644.